The first kappa shape index (κ1) is 19.2. The minimum atomic E-state index is -0.0226. The van der Waals surface area contributed by atoms with Crippen molar-refractivity contribution in [2.75, 3.05) is 26.2 Å². The third-order valence-corrected chi connectivity index (χ3v) is 5.08. The van der Waals surface area contributed by atoms with Crippen molar-refractivity contribution in [2.45, 2.75) is 13.0 Å². The summed E-state index contributed by atoms with van der Waals surface area (Å²) in [5.41, 5.74) is 1.81. The number of ether oxygens (including phenoxy) is 1. The van der Waals surface area contributed by atoms with Gasteiger partial charge in [0.1, 0.15) is 11.3 Å². The molecule has 0 atom stereocenters. The fourth-order valence-corrected chi connectivity index (χ4v) is 3.58. The summed E-state index contributed by atoms with van der Waals surface area (Å²) in [6, 6.07) is 23.5. The van der Waals surface area contributed by atoms with E-state index in [0.717, 1.165) is 32.6 Å². The predicted octanol–water partition coefficient (Wildman–Crippen LogP) is 4.22. The number of carbonyl (C=O) groups is 1. The van der Waals surface area contributed by atoms with Crippen LogP contribution in [0.3, 0.4) is 0 Å². The van der Waals surface area contributed by atoms with E-state index in [-0.39, 0.29) is 5.91 Å². The summed E-state index contributed by atoms with van der Waals surface area (Å²) in [7, 11) is 0. The molecule has 1 aromatic heterocycles. The van der Waals surface area contributed by atoms with Crippen LogP contribution in [0.2, 0.25) is 0 Å². The molecular formula is C24H25N3O2. The van der Waals surface area contributed by atoms with Crippen LogP contribution in [0.5, 0.6) is 11.6 Å². The molecule has 0 bridgehead atoms. The summed E-state index contributed by atoms with van der Waals surface area (Å²) < 4.78 is 5.88. The lowest BCUT2D eigenvalue weighted by Gasteiger charge is -2.22. The Labute approximate surface area is 171 Å². The Hall–Kier alpha value is -3.18. The van der Waals surface area contributed by atoms with E-state index in [2.05, 4.69) is 34.1 Å². The number of carbonyl (C=O) groups excluding carboxylic acids is 1. The van der Waals surface area contributed by atoms with Gasteiger partial charge >= 0.3 is 0 Å². The molecule has 1 amide bonds. The van der Waals surface area contributed by atoms with Crippen LogP contribution in [0.15, 0.2) is 79.0 Å². The molecule has 0 saturated carbocycles. The number of para-hydroxylation sites is 1. The molecule has 4 rings (SSSR count). The van der Waals surface area contributed by atoms with Gasteiger partial charge in [-0.2, -0.15) is 0 Å². The maximum absolute atomic E-state index is 13.2. The molecule has 0 spiro atoms. The molecule has 2 aromatic carbocycles. The van der Waals surface area contributed by atoms with E-state index in [4.69, 9.17) is 4.74 Å². The van der Waals surface area contributed by atoms with Crippen molar-refractivity contribution in [3.05, 3.63) is 90.1 Å². The highest BCUT2D eigenvalue weighted by Gasteiger charge is 2.23. The van der Waals surface area contributed by atoms with Crippen LogP contribution in [0.25, 0.3) is 0 Å². The zero-order valence-corrected chi connectivity index (χ0v) is 16.4. The Kier molecular flexibility index (Phi) is 6.17. The molecule has 0 N–H and O–H groups in total. The van der Waals surface area contributed by atoms with Gasteiger partial charge in [-0.3, -0.25) is 9.69 Å². The van der Waals surface area contributed by atoms with Gasteiger partial charge in [0.25, 0.3) is 5.91 Å². The molecule has 0 radical (unpaired) electrons. The number of amides is 1. The van der Waals surface area contributed by atoms with Gasteiger partial charge < -0.3 is 9.64 Å². The van der Waals surface area contributed by atoms with Crippen molar-refractivity contribution in [3.63, 3.8) is 0 Å². The maximum atomic E-state index is 13.2. The van der Waals surface area contributed by atoms with Gasteiger partial charge in [0.2, 0.25) is 5.88 Å². The molecule has 5 nitrogen and oxygen atoms in total. The first-order valence-corrected chi connectivity index (χ1v) is 10.0. The smallest absolute Gasteiger partial charge is 0.259 e. The molecule has 0 aliphatic carbocycles. The minimum absolute atomic E-state index is 0.0226. The average Bonchev–Trinajstić information content (AvgIpc) is 3.01. The molecular weight excluding hydrogens is 362 g/mol. The van der Waals surface area contributed by atoms with Gasteiger partial charge in [-0.15, -0.1) is 0 Å². The van der Waals surface area contributed by atoms with Gasteiger partial charge in [-0.1, -0.05) is 48.5 Å². The molecule has 3 aromatic rings. The van der Waals surface area contributed by atoms with E-state index in [1.807, 2.05) is 41.3 Å². The minimum Gasteiger partial charge on any atom is -0.438 e. The SMILES string of the molecule is O=C(c1cccnc1Oc1ccccc1)N1CCCN(Cc2ccccc2)CC1. The summed E-state index contributed by atoms with van der Waals surface area (Å²) in [5, 5.41) is 0. The van der Waals surface area contributed by atoms with Crippen molar-refractivity contribution in [1.29, 1.82) is 0 Å². The van der Waals surface area contributed by atoms with E-state index < -0.39 is 0 Å². The molecule has 1 saturated heterocycles. The van der Waals surface area contributed by atoms with Crippen molar-refractivity contribution >= 4 is 5.91 Å². The van der Waals surface area contributed by atoms with Crippen molar-refractivity contribution < 1.29 is 9.53 Å². The Balaban J connectivity index is 1.43. The largest absolute Gasteiger partial charge is 0.438 e. The number of aromatic nitrogens is 1. The lowest BCUT2D eigenvalue weighted by Crippen LogP contribution is -2.35. The van der Waals surface area contributed by atoms with Crippen molar-refractivity contribution in [2.24, 2.45) is 0 Å². The molecule has 1 fully saturated rings. The number of benzene rings is 2. The van der Waals surface area contributed by atoms with Crippen LogP contribution in [0, 0.1) is 0 Å². The van der Waals surface area contributed by atoms with Gasteiger partial charge in [-0.05, 0) is 36.2 Å². The van der Waals surface area contributed by atoms with E-state index in [9.17, 15) is 4.79 Å². The van der Waals surface area contributed by atoms with E-state index >= 15 is 0 Å². The zero-order valence-electron chi connectivity index (χ0n) is 16.4. The average molecular weight is 387 g/mol. The van der Waals surface area contributed by atoms with Crippen LogP contribution in [-0.4, -0.2) is 46.9 Å². The van der Waals surface area contributed by atoms with Crippen LogP contribution < -0.4 is 4.74 Å². The summed E-state index contributed by atoms with van der Waals surface area (Å²) in [6.07, 6.45) is 2.60. The van der Waals surface area contributed by atoms with Gasteiger partial charge in [-0.25, -0.2) is 4.98 Å². The third kappa shape index (κ3) is 5.00. The van der Waals surface area contributed by atoms with E-state index in [1.54, 1.807) is 18.3 Å². The molecule has 1 aliphatic rings. The van der Waals surface area contributed by atoms with Gasteiger partial charge in [0.05, 0.1) is 0 Å². The Morgan fingerprint density at radius 2 is 1.62 bits per heavy atom. The summed E-state index contributed by atoms with van der Waals surface area (Å²) in [6.45, 7) is 4.20. The summed E-state index contributed by atoms with van der Waals surface area (Å²) in [5.74, 6) is 1.00. The van der Waals surface area contributed by atoms with Crippen molar-refractivity contribution in [1.82, 2.24) is 14.8 Å². The second kappa shape index (κ2) is 9.34. The summed E-state index contributed by atoms with van der Waals surface area (Å²) >= 11 is 0. The van der Waals surface area contributed by atoms with Crippen molar-refractivity contribution in [3.8, 4) is 11.6 Å². The Morgan fingerprint density at radius 1 is 0.862 bits per heavy atom. The van der Waals surface area contributed by atoms with Gasteiger partial charge in [0.15, 0.2) is 0 Å². The first-order valence-electron chi connectivity index (χ1n) is 10.0. The number of pyridine rings is 1. The molecule has 1 aliphatic heterocycles. The highest BCUT2D eigenvalue weighted by Crippen LogP contribution is 2.24. The lowest BCUT2D eigenvalue weighted by molar-refractivity contribution is 0.0757. The number of nitrogens with zero attached hydrogens (tertiary/aromatic N) is 3. The monoisotopic (exact) mass is 387 g/mol. The third-order valence-electron chi connectivity index (χ3n) is 5.08. The second-order valence-electron chi connectivity index (χ2n) is 7.18. The van der Waals surface area contributed by atoms with Gasteiger partial charge in [0, 0.05) is 38.9 Å². The maximum Gasteiger partial charge on any atom is 0.259 e. The number of hydrogen-bond acceptors (Lipinski definition) is 4. The zero-order chi connectivity index (χ0) is 19.9. The predicted molar refractivity (Wildman–Crippen MR) is 113 cm³/mol. The topological polar surface area (TPSA) is 45.7 Å². The van der Waals surface area contributed by atoms with E-state index in [0.29, 0.717) is 23.7 Å². The summed E-state index contributed by atoms with van der Waals surface area (Å²) in [4.78, 5) is 21.8. The molecule has 29 heavy (non-hydrogen) atoms. The quantitative estimate of drug-likeness (QED) is 0.658. The highest BCUT2D eigenvalue weighted by molar-refractivity contribution is 5.96. The highest BCUT2D eigenvalue weighted by atomic mass is 16.5. The second-order valence-corrected chi connectivity index (χ2v) is 7.18. The van der Waals surface area contributed by atoms with Crippen LogP contribution in [0.1, 0.15) is 22.3 Å². The fourth-order valence-electron chi connectivity index (χ4n) is 3.58. The van der Waals surface area contributed by atoms with Crippen LogP contribution in [0.4, 0.5) is 0 Å². The molecule has 2 heterocycles. The normalized spacial score (nSPS) is 15.0. The standard InChI is InChI=1S/C24H25N3O2/c28-24(22-13-7-14-25-23(22)29-21-11-5-2-6-12-21)27-16-8-15-26(17-18-27)19-20-9-3-1-4-10-20/h1-7,9-14H,8,15-19H2. The molecule has 5 heteroatoms. The number of rotatable bonds is 5. The first-order chi connectivity index (χ1) is 14.3. The lowest BCUT2D eigenvalue weighted by atomic mass is 10.2. The molecule has 0 unspecified atom stereocenters. The Bertz CT molecular complexity index is 931. The Morgan fingerprint density at radius 3 is 2.41 bits per heavy atom. The van der Waals surface area contributed by atoms with Crippen LogP contribution in [-0.2, 0) is 6.54 Å². The number of hydrogen-bond donors (Lipinski definition) is 0. The van der Waals surface area contributed by atoms with E-state index in [1.165, 1.54) is 5.56 Å². The van der Waals surface area contributed by atoms with Crippen LogP contribution >= 0.6 is 0 Å². The molecule has 148 valence electrons. The fraction of sp³-hybridized carbons (Fsp3) is 0.250.